The maximum Gasteiger partial charge on any atom is 0.387 e. The first kappa shape index (κ1) is 12.1. The fourth-order valence-corrected chi connectivity index (χ4v) is 1.87. The van der Waals surface area contributed by atoms with Gasteiger partial charge >= 0.3 is 6.61 Å². The van der Waals surface area contributed by atoms with Gasteiger partial charge in [-0.15, -0.1) is 0 Å². The molecule has 1 aromatic rings. The fourth-order valence-electron chi connectivity index (χ4n) is 1.87. The van der Waals surface area contributed by atoms with Gasteiger partial charge in [0.25, 0.3) is 0 Å². The second-order valence-electron chi connectivity index (χ2n) is 4.02. The van der Waals surface area contributed by atoms with Crippen LogP contribution in [-0.2, 0) is 4.74 Å². The number of nitrogens with one attached hydrogen (secondary N) is 1. The molecule has 1 aliphatic rings. The molecule has 94 valence electrons. The topological polar surface area (TPSA) is 30.5 Å². The molecule has 0 amide bonds. The molecule has 5 heteroatoms. The van der Waals surface area contributed by atoms with Crippen molar-refractivity contribution in [3.63, 3.8) is 0 Å². The van der Waals surface area contributed by atoms with Gasteiger partial charge in [0.2, 0.25) is 0 Å². The molecule has 1 N–H and O–H groups in total. The standard InChI is InChI=1S/C12H15F2NO2/c1-8-11(6-7-16-8)15-9-2-4-10(5-3-9)17-12(13)14/h2-5,8,11-12,15H,6-7H2,1H3. The highest BCUT2D eigenvalue weighted by Gasteiger charge is 2.23. The van der Waals surface area contributed by atoms with Gasteiger partial charge in [0.1, 0.15) is 5.75 Å². The molecule has 2 atom stereocenters. The van der Waals surface area contributed by atoms with E-state index in [2.05, 4.69) is 10.1 Å². The quantitative estimate of drug-likeness (QED) is 0.882. The van der Waals surface area contributed by atoms with Gasteiger partial charge in [0.15, 0.2) is 0 Å². The van der Waals surface area contributed by atoms with Crippen LogP contribution in [0.1, 0.15) is 13.3 Å². The van der Waals surface area contributed by atoms with E-state index in [-0.39, 0.29) is 17.9 Å². The summed E-state index contributed by atoms with van der Waals surface area (Å²) in [7, 11) is 0. The highest BCUT2D eigenvalue weighted by Crippen LogP contribution is 2.21. The zero-order chi connectivity index (χ0) is 12.3. The van der Waals surface area contributed by atoms with E-state index in [0.717, 1.165) is 18.7 Å². The van der Waals surface area contributed by atoms with E-state index < -0.39 is 6.61 Å². The summed E-state index contributed by atoms with van der Waals surface area (Å²) in [6, 6.07) is 6.77. The fraction of sp³-hybridized carbons (Fsp3) is 0.500. The Balaban J connectivity index is 1.93. The number of halogens is 2. The van der Waals surface area contributed by atoms with Gasteiger partial charge in [0, 0.05) is 12.3 Å². The summed E-state index contributed by atoms with van der Waals surface area (Å²) in [6.07, 6.45) is 1.13. The molecule has 1 heterocycles. The number of benzene rings is 1. The number of anilines is 1. The second-order valence-corrected chi connectivity index (χ2v) is 4.02. The molecular formula is C12H15F2NO2. The highest BCUT2D eigenvalue weighted by molar-refractivity contribution is 5.47. The molecule has 17 heavy (non-hydrogen) atoms. The minimum atomic E-state index is -2.78. The molecule has 3 nitrogen and oxygen atoms in total. The number of hydrogen-bond donors (Lipinski definition) is 1. The summed E-state index contributed by atoms with van der Waals surface area (Å²) < 4.78 is 33.6. The largest absolute Gasteiger partial charge is 0.435 e. The van der Waals surface area contributed by atoms with Crippen molar-refractivity contribution in [3.05, 3.63) is 24.3 Å². The third-order valence-corrected chi connectivity index (χ3v) is 2.81. The van der Waals surface area contributed by atoms with Gasteiger partial charge in [-0.2, -0.15) is 8.78 Å². The van der Waals surface area contributed by atoms with E-state index in [0.29, 0.717) is 0 Å². The van der Waals surface area contributed by atoms with E-state index in [9.17, 15) is 8.78 Å². The predicted molar refractivity (Wildman–Crippen MR) is 60.5 cm³/mol. The van der Waals surface area contributed by atoms with Crippen LogP contribution >= 0.6 is 0 Å². The molecule has 0 aliphatic carbocycles. The molecule has 1 aliphatic heterocycles. The van der Waals surface area contributed by atoms with Crippen molar-refractivity contribution in [1.82, 2.24) is 0 Å². The molecule has 0 bridgehead atoms. The SMILES string of the molecule is CC1OCCC1Nc1ccc(OC(F)F)cc1. The van der Waals surface area contributed by atoms with Crippen molar-refractivity contribution < 1.29 is 18.3 Å². The molecule has 0 radical (unpaired) electrons. The lowest BCUT2D eigenvalue weighted by molar-refractivity contribution is -0.0498. The predicted octanol–water partition coefficient (Wildman–Crippen LogP) is 2.88. The Morgan fingerprint density at radius 2 is 2.06 bits per heavy atom. The van der Waals surface area contributed by atoms with Crippen molar-refractivity contribution in [2.75, 3.05) is 11.9 Å². The third kappa shape index (κ3) is 3.30. The van der Waals surface area contributed by atoms with E-state index >= 15 is 0 Å². The highest BCUT2D eigenvalue weighted by atomic mass is 19.3. The van der Waals surface area contributed by atoms with E-state index in [1.807, 2.05) is 6.92 Å². The first-order valence-corrected chi connectivity index (χ1v) is 5.58. The molecule has 1 aromatic carbocycles. The van der Waals surface area contributed by atoms with Gasteiger partial charge in [-0.3, -0.25) is 0 Å². The summed E-state index contributed by atoms with van der Waals surface area (Å²) in [4.78, 5) is 0. The molecule has 0 spiro atoms. The molecule has 1 fully saturated rings. The summed E-state index contributed by atoms with van der Waals surface area (Å²) >= 11 is 0. The van der Waals surface area contributed by atoms with Gasteiger partial charge in [-0.1, -0.05) is 0 Å². The smallest absolute Gasteiger partial charge is 0.387 e. The van der Waals surface area contributed by atoms with Crippen molar-refractivity contribution in [1.29, 1.82) is 0 Å². The summed E-state index contributed by atoms with van der Waals surface area (Å²) in [6.45, 7) is -0.0123. The third-order valence-electron chi connectivity index (χ3n) is 2.81. The van der Waals surface area contributed by atoms with E-state index in [1.165, 1.54) is 12.1 Å². The van der Waals surface area contributed by atoms with Crippen LogP contribution in [0.4, 0.5) is 14.5 Å². The van der Waals surface area contributed by atoms with Crippen molar-refractivity contribution in [2.24, 2.45) is 0 Å². The van der Waals surface area contributed by atoms with Crippen LogP contribution in [0.2, 0.25) is 0 Å². The molecule has 2 rings (SSSR count). The van der Waals surface area contributed by atoms with Crippen LogP contribution in [0, 0.1) is 0 Å². The lowest BCUT2D eigenvalue weighted by Gasteiger charge is -2.17. The number of ether oxygens (including phenoxy) is 2. The van der Waals surface area contributed by atoms with Gasteiger partial charge in [-0.05, 0) is 37.6 Å². The van der Waals surface area contributed by atoms with E-state index in [1.54, 1.807) is 12.1 Å². The van der Waals surface area contributed by atoms with E-state index in [4.69, 9.17) is 4.74 Å². The van der Waals surface area contributed by atoms with Gasteiger partial charge in [-0.25, -0.2) is 0 Å². The first-order chi connectivity index (χ1) is 8.15. The molecular weight excluding hydrogens is 228 g/mol. The Labute approximate surface area is 98.7 Å². The lowest BCUT2D eigenvalue weighted by atomic mass is 10.1. The minimum absolute atomic E-state index is 0.168. The van der Waals surface area contributed by atoms with Gasteiger partial charge < -0.3 is 14.8 Å². The molecule has 2 unspecified atom stereocenters. The Bertz CT molecular complexity index is 356. The van der Waals surface area contributed by atoms with Crippen LogP contribution < -0.4 is 10.1 Å². The molecule has 0 saturated carbocycles. The minimum Gasteiger partial charge on any atom is -0.435 e. The molecule has 1 saturated heterocycles. The maximum atomic E-state index is 11.9. The zero-order valence-corrected chi connectivity index (χ0v) is 9.53. The van der Waals surface area contributed by atoms with Gasteiger partial charge in [0.05, 0.1) is 12.1 Å². The number of alkyl halides is 2. The van der Waals surface area contributed by atoms with Crippen LogP contribution in [0.5, 0.6) is 5.75 Å². The van der Waals surface area contributed by atoms with Crippen LogP contribution in [-0.4, -0.2) is 25.4 Å². The number of rotatable bonds is 4. The summed E-state index contributed by atoms with van der Waals surface area (Å²) in [5, 5.41) is 3.30. The van der Waals surface area contributed by atoms with Crippen LogP contribution in [0.15, 0.2) is 24.3 Å². The maximum absolute atomic E-state index is 11.9. The Kier molecular flexibility index (Phi) is 3.78. The average molecular weight is 243 g/mol. The van der Waals surface area contributed by atoms with Crippen molar-refractivity contribution in [3.8, 4) is 5.75 Å². The Morgan fingerprint density at radius 3 is 2.59 bits per heavy atom. The monoisotopic (exact) mass is 243 g/mol. The molecule has 0 aromatic heterocycles. The Hall–Kier alpha value is -1.36. The van der Waals surface area contributed by atoms with Crippen LogP contribution in [0.3, 0.4) is 0 Å². The zero-order valence-electron chi connectivity index (χ0n) is 9.53. The van der Waals surface area contributed by atoms with Crippen molar-refractivity contribution in [2.45, 2.75) is 32.1 Å². The Morgan fingerprint density at radius 1 is 1.35 bits per heavy atom. The summed E-state index contributed by atoms with van der Waals surface area (Å²) in [5.74, 6) is 0.168. The summed E-state index contributed by atoms with van der Waals surface area (Å²) in [5.41, 5.74) is 0.883. The number of hydrogen-bond acceptors (Lipinski definition) is 3. The first-order valence-electron chi connectivity index (χ1n) is 5.58. The van der Waals surface area contributed by atoms with Crippen LogP contribution in [0.25, 0.3) is 0 Å². The second kappa shape index (κ2) is 5.31. The average Bonchev–Trinajstić information content (AvgIpc) is 2.67. The lowest BCUT2D eigenvalue weighted by Crippen LogP contribution is -2.26. The van der Waals surface area contributed by atoms with Crippen molar-refractivity contribution >= 4 is 5.69 Å². The normalized spacial score (nSPS) is 24.0.